The van der Waals surface area contributed by atoms with Crippen LogP contribution in [0.4, 0.5) is 0 Å². The predicted molar refractivity (Wildman–Crippen MR) is 69.0 cm³/mol. The monoisotopic (exact) mass is 256 g/mol. The Bertz CT molecular complexity index is 757. The Labute approximate surface area is 108 Å². The van der Waals surface area contributed by atoms with E-state index in [1.807, 2.05) is 29.1 Å². The van der Waals surface area contributed by atoms with Crippen molar-refractivity contribution in [1.82, 2.24) is 19.6 Å². The molecule has 0 fully saturated rings. The number of nitrogens with zero attached hydrogens (tertiary/aromatic N) is 4. The zero-order valence-corrected chi connectivity index (χ0v) is 10.3. The van der Waals surface area contributed by atoms with Gasteiger partial charge in [0.2, 0.25) is 0 Å². The summed E-state index contributed by atoms with van der Waals surface area (Å²) in [7, 11) is 1.80. The molecule has 0 saturated heterocycles. The van der Waals surface area contributed by atoms with E-state index in [0.29, 0.717) is 17.6 Å². The maximum absolute atomic E-state index is 11.3. The molecule has 0 aliphatic carbocycles. The van der Waals surface area contributed by atoms with Gasteiger partial charge in [-0.2, -0.15) is 0 Å². The summed E-state index contributed by atoms with van der Waals surface area (Å²) >= 11 is 0. The van der Waals surface area contributed by atoms with E-state index in [0.717, 1.165) is 11.1 Å². The number of hydrogen-bond donors (Lipinski definition) is 1. The number of para-hydroxylation sites is 1. The molecule has 6 heteroatoms. The number of carboxylic acids is 1. The average molecular weight is 256 g/mol. The molecule has 0 saturated carbocycles. The minimum Gasteiger partial charge on any atom is -0.478 e. The van der Waals surface area contributed by atoms with Gasteiger partial charge >= 0.3 is 5.97 Å². The average Bonchev–Trinajstić information content (AvgIpc) is 2.97. The van der Waals surface area contributed by atoms with E-state index in [1.165, 1.54) is 0 Å². The molecule has 3 rings (SSSR count). The molecule has 6 nitrogen and oxygen atoms in total. The molecule has 0 aliphatic heterocycles. The van der Waals surface area contributed by atoms with Gasteiger partial charge in [-0.15, -0.1) is 5.10 Å². The van der Waals surface area contributed by atoms with Gasteiger partial charge in [0.15, 0.2) is 0 Å². The van der Waals surface area contributed by atoms with Crippen LogP contribution in [0, 0.1) is 0 Å². The van der Waals surface area contributed by atoms with Crippen molar-refractivity contribution in [3.63, 3.8) is 0 Å². The zero-order chi connectivity index (χ0) is 13.4. The molecule has 0 aliphatic rings. The summed E-state index contributed by atoms with van der Waals surface area (Å²) < 4.78 is 3.50. The maximum Gasteiger partial charge on any atom is 0.337 e. The third-order valence-electron chi connectivity index (χ3n) is 3.00. The van der Waals surface area contributed by atoms with E-state index in [1.54, 1.807) is 23.9 Å². The lowest BCUT2D eigenvalue weighted by molar-refractivity contribution is 0.0698. The fourth-order valence-corrected chi connectivity index (χ4v) is 2.21. The molecule has 0 amide bonds. The molecule has 0 unspecified atom stereocenters. The van der Waals surface area contributed by atoms with E-state index in [9.17, 15) is 9.90 Å². The van der Waals surface area contributed by atoms with Crippen LogP contribution in [-0.4, -0.2) is 30.6 Å². The van der Waals surface area contributed by atoms with Crippen LogP contribution in [0.15, 0.2) is 36.7 Å². The van der Waals surface area contributed by atoms with E-state index in [-0.39, 0.29) is 0 Å². The summed E-state index contributed by atoms with van der Waals surface area (Å²) in [5.74, 6) is -0.926. The summed E-state index contributed by atoms with van der Waals surface area (Å²) in [6.07, 6.45) is 3.68. The van der Waals surface area contributed by atoms with Crippen LogP contribution >= 0.6 is 0 Å². The standard InChI is InChI=1S/C13H12N4O2/c1-16-7-10(14-15-16)8-17-6-5-9-3-2-4-11(12(9)17)13(18)19/h2-7H,8H2,1H3,(H,18,19). The van der Waals surface area contributed by atoms with Crippen LogP contribution < -0.4 is 0 Å². The van der Waals surface area contributed by atoms with Gasteiger partial charge in [0.25, 0.3) is 0 Å². The van der Waals surface area contributed by atoms with Crippen LogP contribution in [0.2, 0.25) is 0 Å². The number of benzene rings is 1. The molecule has 0 atom stereocenters. The van der Waals surface area contributed by atoms with Gasteiger partial charge in [0, 0.05) is 24.8 Å². The molecule has 2 heterocycles. The number of aromatic carboxylic acids is 1. The van der Waals surface area contributed by atoms with Crippen molar-refractivity contribution in [3.8, 4) is 0 Å². The van der Waals surface area contributed by atoms with Crippen LogP contribution in [0.1, 0.15) is 16.1 Å². The van der Waals surface area contributed by atoms with E-state index in [4.69, 9.17) is 0 Å². The van der Waals surface area contributed by atoms with E-state index < -0.39 is 5.97 Å². The Morgan fingerprint density at radius 3 is 2.89 bits per heavy atom. The highest BCUT2D eigenvalue weighted by atomic mass is 16.4. The quantitative estimate of drug-likeness (QED) is 0.771. The number of carbonyl (C=O) groups is 1. The van der Waals surface area contributed by atoms with Crippen LogP contribution in [0.5, 0.6) is 0 Å². The van der Waals surface area contributed by atoms with E-state index >= 15 is 0 Å². The number of hydrogen-bond acceptors (Lipinski definition) is 3. The Balaban J connectivity index is 2.11. The summed E-state index contributed by atoms with van der Waals surface area (Å²) in [6.45, 7) is 0.502. The fraction of sp³-hybridized carbons (Fsp3) is 0.154. The van der Waals surface area contributed by atoms with Gasteiger partial charge in [-0.1, -0.05) is 17.3 Å². The third-order valence-corrected chi connectivity index (χ3v) is 3.00. The topological polar surface area (TPSA) is 72.9 Å². The Morgan fingerprint density at radius 2 is 2.21 bits per heavy atom. The molecular weight excluding hydrogens is 244 g/mol. The molecule has 0 bridgehead atoms. The van der Waals surface area contributed by atoms with Crippen LogP contribution in [-0.2, 0) is 13.6 Å². The zero-order valence-electron chi connectivity index (χ0n) is 10.3. The molecular formula is C13H12N4O2. The lowest BCUT2D eigenvalue weighted by Gasteiger charge is -2.05. The number of carboxylic acid groups (broad SMARTS) is 1. The van der Waals surface area contributed by atoms with Gasteiger partial charge in [0.05, 0.1) is 17.6 Å². The molecule has 2 aromatic heterocycles. The maximum atomic E-state index is 11.3. The largest absolute Gasteiger partial charge is 0.478 e. The second-order valence-corrected chi connectivity index (χ2v) is 4.38. The number of aromatic nitrogens is 4. The summed E-state index contributed by atoms with van der Waals surface area (Å²) in [5, 5.41) is 18.0. The summed E-state index contributed by atoms with van der Waals surface area (Å²) in [5.41, 5.74) is 1.80. The SMILES string of the molecule is Cn1cc(Cn2ccc3cccc(C(=O)O)c32)nn1. The van der Waals surface area contributed by atoms with Crippen molar-refractivity contribution in [2.75, 3.05) is 0 Å². The van der Waals surface area contributed by atoms with E-state index in [2.05, 4.69) is 10.3 Å². The van der Waals surface area contributed by atoms with Gasteiger partial charge in [-0.05, 0) is 12.1 Å². The summed E-state index contributed by atoms with van der Waals surface area (Å²) in [4.78, 5) is 11.3. The van der Waals surface area contributed by atoms with Gasteiger partial charge in [-0.25, -0.2) is 4.79 Å². The highest BCUT2D eigenvalue weighted by Crippen LogP contribution is 2.21. The molecule has 1 aromatic carbocycles. The first kappa shape index (κ1) is 11.5. The predicted octanol–water partition coefficient (Wildman–Crippen LogP) is 1.52. The molecule has 19 heavy (non-hydrogen) atoms. The van der Waals surface area contributed by atoms with Crippen molar-refractivity contribution in [3.05, 3.63) is 47.9 Å². The molecule has 0 radical (unpaired) electrons. The van der Waals surface area contributed by atoms with Crippen molar-refractivity contribution < 1.29 is 9.90 Å². The first-order valence-electron chi connectivity index (χ1n) is 5.81. The molecule has 3 aromatic rings. The minimum absolute atomic E-state index is 0.298. The number of fused-ring (bicyclic) bond motifs is 1. The fourth-order valence-electron chi connectivity index (χ4n) is 2.21. The Kier molecular flexibility index (Phi) is 2.56. The first-order chi connectivity index (χ1) is 9.15. The Hall–Kier alpha value is -2.63. The number of aryl methyl sites for hydroxylation is 1. The molecule has 1 N–H and O–H groups in total. The highest BCUT2D eigenvalue weighted by molar-refractivity contribution is 6.02. The normalized spacial score (nSPS) is 11.0. The Morgan fingerprint density at radius 1 is 1.37 bits per heavy atom. The lowest BCUT2D eigenvalue weighted by Crippen LogP contribution is -2.04. The van der Waals surface area contributed by atoms with Crippen molar-refractivity contribution in [1.29, 1.82) is 0 Å². The number of rotatable bonds is 3. The van der Waals surface area contributed by atoms with Crippen molar-refractivity contribution in [2.24, 2.45) is 7.05 Å². The van der Waals surface area contributed by atoms with Crippen molar-refractivity contribution >= 4 is 16.9 Å². The second kappa shape index (κ2) is 4.24. The highest BCUT2D eigenvalue weighted by Gasteiger charge is 2.12. The molecule has 0 spiro atoms. The second-order valence-electron chi connectivity index (χ2n) is 4.38. The first-order valence-corrected chi connectivity index (χ1v) is 5.81. The van der Waals surface area contributed by atoms with Gasteiger partial charge < -0.3 is 9.67 Å². The molecule has 96 valence electrons. The van der Waals surface area contributed by atoms with Crippen LogP contribution in [0.3, 0.4) is 0 Å². The minimum atomic E-state index is -0.926. The third kappa shape index (κ3) is 1.97. The van der Waals surface area contributed by atoms with Gasteiger partial charge in [0.1, 0.15) is 5.69 Å². The van der Waals surface area contributed by atoms with Crippen LogP contribution in [0.25, 0.3) is 10.9 Å². The summed E-state index contributed by atoms with van der Waals surface area (Å²) in [6, 6.07) is 7.16. The van der Waals surface area contributed by atoms with Gasteiger partial charge in [-0.3, -0.25) is 4.68 Å². The lowest BCUT2D eigenvalue weighted by atomic mass is 10.1. The van der Waals surface area contributed by atoms with Crippen molar-refractivity contribution in [2.45, 2.75) is 6.54 Å². The smallest absolute Gasteiger partial charge is 0.337 e.